The number of nitrogens with one attached hydrogen (secondary N) is 1. The highest BCUT2D eigenvalue weighted by atomic mass is 35.5. The smallest absolute Gasteiger partial charge is 0.265 e. The summed E-state index contributed by atoms with van der Waals surface area (Å²) < 4.78 is 11.2. The Hall–Kier alpha value is -2.38. The lowest BCUT2D eigenvalue weighted by Crippen LogP contribution is -2.53. The molecular formula is C19H21ClN2O4S. The predicted molar refractivity (Wildman–Crippen MR) is 109 cm³/mol. The van der Waals surface area contributed by atoms with Gasteiger partial charge in [-0.25, -0.2) is 0 Å². The highest BCUT2D eigenvalue weighted by molar-refractivity contribution is 7.80. The third kappa shape index (κ3) is 4.67. The molecule has 1 atom stereocenters. The molecule has 0 aromatic heterocycles. The Morgan fingerprint density at radius 3 is 2.70 bits per heavy atom. The highest BCUT2D eigenvalue weighted by Crippen LogP contribution is 2.38. The molecule has 1 aromatic rings. The molecule has 1 aromatic carbocycles. The van der Waals surface area contributed by atoms with E-state index in [2.05, 4.69) is 11.9 Å². The third-order valence-electron chi connectivity index (χ3n) is 3.95. The largest absolute Gasteiger partial charge is 0.493 e. The number of halogens is 1. The van der Waals surface area contributed by atoms with Crippen LogP contribution in [0.5, 0.6) is 11.5 Å². The summed E-state index contributed by atoms with van der Waals surface area (Å²) in [5.74, 6) is -0.236. The molecule has 0 aliphatic carbocycles. The van der Waals surface area contributed by atoms with Crippen molar-refractivity contribution in [3.05, 3.63) is 40.9 Å². The van der Waals surface area contributed by atoms with E-state index in [1.807, 2.05) is 13.8 Å². The van der Waals surface area contributed by atoms with Gasteiger partial charge >= 0.3 is 0 Å². The lowest BCUT2D eigenvalue weighted by atomic mass is 10.1. The molecule has 1 N–H and O–H groups in total. The Morgan fingerprint density at radius 1 is 1.41 bits per heavy atom. The number of hydrogen-bond donors (Lipinski definition) is 1. The van der Waals surface area contributed by atoms with Crippen LogP contribution >= 0.6 is 23.8 Å². The summed E-state index contributed by atoms with van der Waals surface area (Å²) in [7, 11) is 1.49. The summed E-state index contributed by atoms with van der Waals surface area (Å²) in [5, 5.41) is 2.87. The van der Waals surface area contributed by atoms with E-state index in [-0.39, 0.29) is 23.3 Å². The van der Waals surface area contributed by atoms with Crippen LogP contribution in [0, 0.1) is 0 Å². The maximum absolute atomic E-state index is 12.6. The van der Waals surface area contributed by atoms with E-state index in [0.717, 1.165) is 6.42 Å². The van der Waals surface area contributed by atoms with Crippen molar-refractivity contribution in [2.24, 2.45) is 0 Å². The van der Waals surface area contributed by atoms with Crippen molar-refractivity contribution >= 4 is 46.8 Å². The molecule has 0 spiro atoms. The number of benzene rings is 1. The Kier molecular flexibility index (Phi) is 6.98. The molecular weight excluding hydrogens is 388 g/mol. The van der Waals surface area contributed by atoms with E-state index in [4.69, 9.17) is 33.3 Å². The summed E-state index contributed by atoms with van der Waals surface area (Å²) in [4.78, 5) is 26.1. The Bertz CT molecular complexity index is 822. The zero-order chi connectivity index (χ0) is 20.1. The van der Waals surface area contributed by atoms with Crippen molar-refractivity contribution < 1.29 is 19.1 Å². The zero-order valence-electron chi connectivity index (χ0n) is 15.4. The SMILES string of the molecule is C=CCN1C(=O)/C(=C/c2cc(Cl)c(OC(C)CC)c(OC)c2)C(=O)NC1=S. The van der Waals surface area contributed by atoms with E-state index in [1.54, 1.807) is 12.1 Å². The Morgan fingerprint density at radius 2 is 2.11 bits per heavy atom. The molecule has 1 saturated heterocycles. The van der Waals surface area contributed by atoms with Gasteiger partial charge in [-0.3, -0.25) is 19.8 Å². The number of amides is 2. The van der Waals surface area contributed by atoms with Crippen molar-refractivity contribution in [2.45, 2.75) is 26.4 Å². The normalized spacial score (nSPS) is 17.0. The van der Waals surface area contributed by atoms with Gasteiger partial charge < -0.3 is 9.47 Å². The summed E-state index contributed by atoms with van der Waals surface area (Å²) in [5.41, 5.74) is 0.470. The van der Waals surface area contributed by atoms with Crippen LogP contribution in [-0.2, 0) is 9.59 Å². The summed E-state index contributed by atoms with van der Waals surface area (Å²) in [6.45, 7) is 7.71. The van der Waals surface area contributed by atoms with Crippen LogP contribution in [0.4, 0.5) is 0 Å². The first-order valence-corrected chi connectivity index (χ1v) is 9.14. The van der Waals surface area contributed by atoms with Crippen LogP contribution < -0.4 is 14.8 Å². The fourth-order valence-electron chi connectivity index (χ4n) is 2.38. The topological polar surface area (TPSA) is 67.9 Å². The molecule has 1 fully saturated rings. The quantitative estimate of drug-likeness (QED) is 0.324. The minimum atomic E-state index is -0.569. The van der Waals surface area contributed by atoms with Crippen LogP contribution in [0.3, 0.4) is 0 Å². The summed E-state index contributed by atoms with van der Waals surface area (Å²) in [6.07, 6.45) is 3.73. The van der Waals surface area contributed by atoms with Gasteiger partial charge in [0.25, 0.3) is 11.8 Å². The number of thiocarbonyl (C=S) groups is 1. The van der Waals surface area contributed by atoms with Crippen LogP contribution in [0.15, 0.2) is 30.4 Å². The van der Waals surface area contributed by atoms with Crippen molar-refractivity contribution in [1.29, 1.82) is 0 Å². The van der Waals surface area contributed by atoms with Gasteiger partial charge in [0.1, 0.15) is 5.57 Å². The number of methoxy groups -OCH3 is 1. The first-order chi connectivity index (χ1) is 12.8. The van der Waals surface area contributed by atoms with E-state index in [9.17, 15) is 9.59 Å². The minimum absolute atomic E-state index is 0.0419. The molecule has 0 radical (unpaired) electrons. The van der Waals surface area contributed by atoms with Crippen LogP contribution in [0.1, 0.15) is 25.8 Å². The lowest BCUT2D eigenvalue weighted by Gasteiger charge is -2.27. The number of carbonyl (C=O) groups excluding carboxylic acids is 2. The van der Waals surface area contributed by atoms with Crippen molar-refractivity contribution in [1.82, 2.24) is 10.2 Å². The third-order valence-corrected chi connectivity index (χ3v) is 4.56. The predicted octanol–water partition coefficient (Wildman–Crippen LogP) is 3.34. The minimum Gasteiger partial charge on any atom is -0.493 e. The molecule has 0 saturated carbocycles. The highest BCUT2D eigenvalue weighted by Gasteiger charge is 2.32. The molecule has 2 amide bonds. The van der Waals surface area contributed by atoms with Crippen molar-refractivity contribution in [2.75, 3.05) is 13.7 Å². The number of hydrogen-bond acceptors (Lipinski definition) is 5. The second-order valence-electron chi connectivity index (χ2n) is 5.89. The first kappa shape index (κ1) is 20.9. The van der Waals surface area contributed by atoms with E-state index in [0.29, 0.717) is 22.1 Å². The molecule has 0 bridgehead atoms. The molecule has 8 heteroatoms. The number of carbonyl (C=O) groups is 2. The molecule has 27 heavy (non-hydrogen) atoms. The Labute approximate surface area is 168 Å². The molecule has 1 aliphatic heterocycles. The standard InChI is InChI=1S/C19H21ClN2O4S/c1-5-7-22-18(24)13(17(23)21-19(22)27)8-12-9-14(20)16(15(10-12)25-4)26-11(3)6-2/h5,8-11H,1,6-7H2,2-4H3,(H,21,23,27)/b13-8+. The number of nitrogens with zero attached hydrogens (tertiary/aromatic N) is 1. The van der Waals surface area contributed by atoms with Crippen LogP contribution in [0.2, 0.25) is 5.02 Å². The van der Waals surface area contributed by atoms with Gasteiger partial charge in [-0.1, -0.05) is 24.6 Å². The molecule has 2 rings (SSSR count). The fourth-order valence-corrected chi connectivity index (χ4v) is 2.89. The van der Waals surface area contributed by atoms with Gasteiger partial charge in [-0.05, 0) is 49.3 Å². The Balaban J connectivity index is 2.44. The maximum atomic E-state index is 12.6. The van der Waals surface area contributed by atoms with E-state index < -0.39 is 11.8 Å². The summed E-state index contributed by atoms with van der Waals surface area (Å²) >= 11 is 11.4. The average Bonchev–Trinajstić information content (AvgIpc) is 2.63. The maximum Gasteiger partial charge on any atom is 0.265 e. The van der Waals surface area contributed by atoms with Gasteiger partial charge in [0.05, 0.1) is 18.2 Å². The van der Waals surface area contributed by atoms with Gasteiger partial charge in [0.2, 0.25) is 0 Å². The van der Waals surface area contributed by atoms with Gasteiger partial charge in [-0.15, -0.1) is 6.58 Å². The first-order valence-electron chi connectivity index (χ1n) is 8.36. The zero-order valence-corrected chi connectivity index (χ0v) is 16.9. The second kappa shape index (κ2) is 9.01. The average molecular weight is 409 g/mol. The monoisotopic (exact) mass is 408 g/mol. The van der Waals surface area contributed by atoms with Crippen LogP contribution in [0.25, 0.3) is 6.08 Å². The molecule has 1 heterocycles. The lowest BCUT2D eigenvalue weighted by molar-refractivity contribution is -0.128. The van der Waals surface area contributed by atoms with E-state index in [1.165, 1.54) is 24.2 Å². The molecule has 1 unspecified atom stereocenters. The molecule has 144 valence electrons. The van der Waals surface area contributed by atoms with Gasteiger partial charge in [-0.2, -0.15) is 0 Å². The number of ether oxygens (including phenoxy) is 2. The summed E-state index contributed by atoms with van der Waals surface area (Å²) in [6, 6.07) is 3.27. The van der Waals surface area contributed by atoms with Gasteiger partial charge in [0, 0.05) is 6.54 Å². The van der Waals surface area contributed by atoms with Gasteiger partial charge in [0.15, 0.2) is 16.6 Å². The van der Waals surface area contributed by atoms with Crippen molar-refractivity contribution in [3.8, 4) is 11.5 Å². The fraction of sp³-hybridized carbons (Fsp3) is 0.316. The number of rotatable bonds is 7. The van der Waals surface area contributed by atoms with Crippen LogP contribution in [-0.4, -0.2) is 41.6 Å². The molecule has 1 aliphatic rings. The van der Waals surface area contributed by atoms with E-state index >= 15 is 0 Å². The molecule has 6 nitrogen and oxygen atoms in total. The van der Waals surface area contributed by atoms with Crippen molar-refractivity contribution in [3.63, 3.8) is 0 Å². The second-order valence-corrected chi connectivity index (χ2v) is 6.69.